The standard InChI is InChI=1S/C17H34N4O4/c1-3-4-11-25-16(22)12-15-13-19-8-10-21(14-17(23)24-2)9-7-18-5-6-20-15/h15,18-20H,3-14H2,1-2H3. The monoisotopic (exact) mass is 358 g/mol. The Morgan fingerprint density at radius 1 is 1.08 bits per heavy atom. The molecule has 1 atom stereocenters. The molecule has 25 heavy (non-hydrogen) atoms. The van der Waals surface area contributed by atoms with Gasteiger partial charge in [0.15, 0.2) is 0 Å². The van der Waals surface area contributed by atoms with Crippen LogP contribution in [0.3, 0.4) is 0 Å². The van der Waals surface area contributed by atoms with Crippen molar-refractivity contribution in [3.63, 3.8) is 0 Å². The maximum atomic E-state index is 11.9. The number of rotatable bonds is 7. The molecule has 1 heterocycles. The van der Waals surface area contributed by atoms with Gasteiger partial charge in [-0.3, -0.25) is 14.5 Å². The fourth-order valence-electron chi connectivity index (χ4n) is 2.56. The first-order chi connectivity index (χ1) is 12.2. The van der Waals surface area contributed by atoms with Crippen molar-refractivity contribution < 1.29 is 19.1 Å². The Morgan fingerprint density at radius 3 is 2.56 bits per heavy atom. The molecule has 0 bridgehead atoms. The highest BCUT2D eigenvalue weighted by Gasteiger charge is 2.16. The fraction of sp³-hybridized carbons (Fsp3) is 0.882. The molecule has 8 heteroatoms. The summed E-state index contributed by atoms with van der Waals surface area (Å²) in [4.78, 5) is 25.4. The molecule has 3 N–H and O–H groups in total. The molecule has 8 nitrogen and oxygen atoms in total. The van der Waals surface area contributed by atoms with Crippen molar-refractivity contribution in [2.24, 2.45) is 0 Å². The number of nitrogens with zero attached hydrogens (tertiary/aromatic N) is 1. The van der Waals surface area contributed by atoms with Gasteiger partial charge in [-0.05, 0) is 6.42 Å². The molecule has 0 spiro atoms. The summed E-state index contributed by atoms with van der Waals surface area (Å²) in [5.74, 6) is -0.374. The van der Waals surface area contributed by atoms with E-state index in [1.807, 2.05) is 0 Å². The van der Waals surface area contributed by atoms with Crippen LogP contribution in [0.4, 0.5) is 0 Å². The van der Waals surface area contributed by atoms with Crippen molar-refractivity contribution in [3.8, 4) is 0 Å². The molecular formula is C17H34N4O4. The second kappa shape index (κ2) is 14.0. The zero-order chi connectivity index (χ0) is 18.3. The zero-order valence-corrected chi connectivity index (χ0v) is 15.6. The summed E-state index contributed by atoms with van der Waals surface area (Å²) >= 11 is 0. The van der Waals surface area contributed by atoms with Crippen LogP contribution in [0.1, 0.15) is 26.2 Å². The summed E-state index contributed by atoms with van der Waals surface area (Å²) in [7, 11) is 1.41. The highest BCUT2D eigenvalue weighted by molar-refractivity contribution is 5.71. The van der Waals surface area contributed by atoms with Crippen molar-refractivity contribution in [1.29, 1.82) is 0 Å². The van der Waals surface area contributed by atoms with Crippen LogP contribution in [-0.4, -0.2) is 89.0 Å². The molecule has 0 saturated carbocycles. The third kappa shape index (κ3) is 11.1. The summed E-state index contributed by atoms with van der Waals surface area (Å²) in [6.07, 6.45) is 2.29. The van der Waals surface area contributed by atoms with Gasteiger partial charge in [0, 0.05) is 51.9 Å². The minimum atomic E-state index is -0.221. The van der Waals surface area contributed by atoms with Crippen molar-refractivity contribution >= 4 is 11.9 Å². The summed E-state index contributed by atoms with van der Waals surface area (Å²) in [6.45, 7) is 8.26. The van der Waals surface area contributed by atoms with Crippen LogP contribution in [0, 0.1) is 0 Å². The minimum absolute atomic E-state index is 0.0458. The Morgan fingerprint density at radius 2 is 1.84 bits per heavy atom. The lowest BCUT2D eigenvalue weighted by Crippen LogP contribution is -2.47. The number of carbonyl (C=O) groups is 2. The Bertz CT molecular complexity index is 382. The quantitative estimate of drug-likeness (QED) is 0.408. The van der Waals surface area contributed by atoms with Gasteiger partial charge in [-0.15, -0.1) is 0 Å². The number of ether oxygens (including phenoxy) is 2. The smallest absolute Gasteiger partial charge is 0.319 e. The molecule has 0 amide bonds. The Labute approximate surface area is 151 Å². The third-order valence-corrected chi connectivity index (χ3v) is 4.09. The van der Waals surface area contributed by atoms with Gasteiger partial charge in [0.1, 0.15) is 0 Å². The molecular weight excluding hydrogens is 324 g/mol. The second-order valence-electron chi connectivity index (χ2n) is 6.24. The number of carbonyl (C=O) groups excluding carboxylic acids is 2. The number of methoxy groups -OCH3 is 1. The van der Waals surface area contributed by atoms with Gasteiger partial charge in [0.25, 0.3) is 0 Å². The predicted molar refractivity (Wildman–Crippen MR) is 96.5 cm³/mol. The molecule has 0 aromatic carbocycles. The van der Waals surface area contributed by atoms with E-state index in [-0.39, 0.29) is 18.0 Å². The fourth-order valence-corrected chi connectivity index (χ4v) is 2.56. The van der Waals surface area contributed by atoms with Crippen LogP contribution in [0.2, 0.25) is 0 Å². The lowest BCUT2D eigenvalue weighted by Gasteiger charge is -2.24. The van der Waals surface area contributed by atoms with Crippen LogP contribution in [0.5, 0.6) is 0 Å². The highest BCUT2D eigenvalue weighted by atomic mass is 16.5. The molecule has 1 saturated heterocycles. The van der Waals surface area contributed by atoms with Crippen LogP contribution >= 0.6 is 0 Å². The largest absolute Gasteiger partial charge is 0.468 e. The second-order valence-corrected chi connectivity index (χ2v) is 6.24. The number of nitrogens with one attached hydrogen (secondary N) is 3. The number of hydrogen-bond acceptors (Lipinski definition) is 8. The molecule has 0 radical (unpaired) electrons. The highest BCUT2D eigenvalue weighted by Crippen LogP contribution is 1.98. The topological polar surface area (TPSA) is 91.9 Å². The van der Waals surface area contributed by atoms with Gasteiger partial charge < -0.3 is 25.4 Å². The summed E-state index contributed by atoms with van der Waals surface area (Å²) < 4.78 is 9.99. The minimum Gasteiger partial charge on any atom is -0.468 e. The Kier molecular flexibility index (Phi) is 12.2. The van der Waals surface area contributed by atoms with E-state index < -0.39 is 0 Å². The van der Waals surface area contributed by atoms with Crippen molar-refractivity contribution in [2.45, 2.75) is 32.2 Å². The van der Waals surface area contributed by atoms with E-state index in [2.05, 4.69) is 27.8 Å². The Hall–Kier alpha value is -1.22. The average molecular weight is 358 g/mol. The van der Waals surface area contributed by atoms with Gasteiger partial charge in [-0.1, -0.05) is 13.3 Å². The van der Waals surface area contributed by atoms with Crippen LogP contribution in [0.15, 0.2) is 0 Å². The van der Waals surface area contributed by atoms with Crippen LogP contribution < -0.4 is 16.0 Å². The molecule has 1 aliphatic rings. The SMILES string of the molecule is CCCCOC(=O)CC1CNCCN(CC(=O)OC)CCNCCN1. The van der Waals surface area contributed by atoms with E-state index in [1.54, 1.807) is 0 Å². The molecule has 1 aliphatic heterocycles. The van der Waals surface area contributed by atoms with Crippen molar-refractivity contribution in [1.82, 2.24) is 20.9 Å². The maximum absolute atomic E-state index is 11.9. The molecule has 0 aromatic rings. The lowest BCUT2D eigenvalue weighted by molar-refractivity contribution is -0.144. The normalized spacial score (nSPS) is 21.0. The summed E-state index contributed by atoms with van der Waals surface area (Å²) in [5.41, 5.74) is 0. The Balaban J connectivity index is 2.39. The average Bonchev–Trinajstić information content (AvgIpc) is 2.59. The van der Waals surface area contributed by atoms with Gasteiger partial charge in [0.05, 0.1) is 26.7 Å². The lowest BCUT2D eigenvalue weighted by atomic mass is 10.2. The molecule has 146 valence electrons. The first-order valence-electron chi connectivity index (χ1n) is 9.25. The van der Waals surface area contributed by atoms with Gasteiger partial charge in [-0.25, -0.2) is 0 Å². The van der Waals surface area contributed by atoms with Crippen molar-refractivity contribution in [3.05, 3.63) is 0 Å². The molecule has 0 aromatic heterocycles. The number of unbranched alkanes of at least 4 members (excludes halogenated alkanes) is 1. The molecule has 1 fully saturated rings. The van der Waals surface area contributed by atoms with E-state index in [0.29, 0.717) is 26.1 Å². The number of esters is 2. The molecule has 1 unspecified atom stereocenters. The van der Waals surface area contributed by atoms with E-state index in [1.165, 1.54) is 7.11 Å². The first-order valence-corrected chi connectivity index (χ1v) is 9.25. The predicted octanol–water partition coefficient (Wildman–Crippen LogP) is -0.654. The van der Waals surface area contributed by atoms with Crippen LogP contribution in [0.25, 0.3) is 0 Å². The molecule has 1 rings (SSSR count). The maximum Gasteiger partial charge on any atom is 0.319 e. The zero-order valence-electron chi connectivity index (χ0n) is 15.6. The summed E-state index contributed by atoms with van der Waals surface area (Å²) in [6, 6.07) is 0.0458. The first kappa shape index (κ1) is 21.8. The van der Waals surface area contributed by atoms with Gasteiger partial charge in [0.2, 0.25) is 0 Å². The van der Waals surface area contributed by atoms with Crippen LogP contribution in [-0.2, 0) is 19.1 Å². The van der Waals surface area contributed by atoms with E-state index in [0.717, 1.165) is 52.1 Å². The van der Waals surface area contributed by atoms with Crippen molar-refractivity contribution in [2.75, 3.05) is 66.1 Å². The van der Waals surface area contributed by atoms with Gasteiger partial charge in [-0.2, -0.15) is 0 Å². The van der Waals surface area contributed by atoms with Gasteiger partial charge >= 0.3 is 11.9 Å². The van der Waals surface area contributed by atoms with E-state index in [9.17, 15) is 9.59 Å². The molecule has 0 aliphatic carbocycles. The third-order valence-electron chi connectivity index (χ3n) is 4.09. The summed E-state index contributed by atoms with van der Waals surface area (Å²) in [5, 5.41) is 10.1. The number of hydrogen-bond donors (Lipinski definition) is 3. The van der Waals surface area contributed by atoms with E-state index >= 15 is 0 Å². The van der Waals surface area contributed by atoms with E-state index in [4.69, 9.17) is 9.47 Å².